The Kier molecular flexibility index (Phi) is 2.86. The molecule has 1 fully saturated rings. The van der Waals surface area contributed by atoms with Crippen LogP contribution in [-0.2, 0) is 9.53 Å². The molecule has 1 amide bonds. The highest BCUT2D eigenvalue weighted by atomic mass is 32.1. The van der Waals surface area contributed by atoms with Crippen LogP contribution in [0.3, 0.4) is 0 Å². The third-order valence-corrected chi connectivity index (χ3v) is 3.58. The highest BCUT2D eigenvalue weighted by molar-refractivity contribution is 7.12. The van der Waals surface area contributed by atoms with Gasteiger partial charge < -0.3 is 10.1 Å². The van der Waals surface area contributed by atoms with Crippen LogP contribution < -0.4 is 5.32 Å². The number of nitriles is 1. The number of thiophene rings is 1. The Morgan fingerprint density at radius 1 is 1.59 bits per heavy atom. The molecule has 0 unspecified atom stereocenters. The molecule has 5 nitrogen and oxygen atoms in total. The standard InChI is InChI=1S/C11H10N2O3S/c1-16-9(14)8-7(2-5-17-8)13-10(15)11(6-12)3-4-11/h2,5H,3-4H2,1H3,(H,13,15). The summed E-state index contributed by atoms with van der Waals surface area (Å²) in [7, 11) is 1.28. The van der Waals surface area contributed by atoms with Gasteiger partial charge in [-0.25, -0.2) is 4.79 Å². The normalized spacial score (nSPS) is 15.8. The SMILES string of the molecule is COC(=O)c1sccc1NC(=O)C1(C#N)CC1. The van der Waals surface area contributed by atoms with Gasteiger partial charge in [0.15, 0.2) is 0 Å². The van der Waals surface area contributed by atoms with Crippen LogP contribution in [0.15, 0.2) is 11.4 Å². The van der Waals surface area contributed by atoms with E-state index in [1.165, 1.54) is 18.4 Å². The molecule has 0 bridgehead atoms. The Balaban J connectivity index is 2.15. The van der Waals surface area contributed by atoms with Gasteiger partial charge in [0.05, 0.1) is 18.9 Å². The summed E-state index contributed by atoms with van der Waals surface area (Å²) >= 11 is 1.19. The summed E-state index contributed by atoms with van der Waals surface area (Å²) in [5.74, 6) is -0.833. The van der Waals surface area contributed by atoms with Crippen LogP contribution in [0.4, 0.5) is 5.69 Å². The lowest BCUT2D eigenvalue weighted by Gasteiger charge is -2.07. The second-order valence-electron chi connectivity index (χ2n) is 3.80. The lowest BCUT2D eigenvalue weighted by atomic mass is 10.1. The molecule has 0 aromatic carbocycles. The number of carbonyl (C=O) groups is 2. The van der Waals surface area contributed by atoms with Gasteiger partial charge in [-0.15, -0.1) is 11.3 Å². The maximum Gasteiger partial charge on any atom is 0.350 e. The van der Waals surface area contributed by atoms with Crippen LogP contribution in [-0.4, -0.2) is 19.0 Å². The Labute approximate surface area is 102 Å². The first kappa shape index (κ1) is 11.6. The number of hydrogen-bond donors (Lipinski definition) is 1. The van der Waals surface area contributed by atoms with Gasteiger partial charge in [-0.1, -0.05) is 0 Å². The molecule has 0 atom stereocenters. The number of methoxy groups -OCH3 is 1. The molecule has 1 heterocycles. The van der Waals surface area contributed by atoms with E-state index in [4.69, 9.17) is 5.26 Å². The minimum atomic E-state index is -0.894. The van der Waals surface area contributed by atoms with E-state index in [2.05, 4.69) is 10.1 Å². The van der Waals surface area contributed by atoms with Crippen molar-refractivity contribution in [2.45, 2.75) is 12.8 Å². The molecule has 0 spiro atoms. The molecule has 1 aromatic heterocycles. The second kappa shape index (κ2) is 4.18. The summed E-state index contributed by atoms with van der Waals surface area (Å²) in [6, 6.07) is 3.63. The van der Waals surface area contributed by atoms with Gasteiger partial charge in [-0.2, -0.15) is 5.26 Å². The number of nitrogens with zero attached hydrogens (tertiary/aromatic N) is 1. The molecule has 0 radical (unpaired) electrons. The highest BCUT2D eigenvalue weighted by Crippen LogP contribution is 2.46. The summed E-state index contributed by atoms with van der Waals surface area (Å²) in [5.41, 5.74) is -0.483. The monoisotopic (exact) mass is 250 g/mol. The van der Waals surface area contributed by atoms with Gasteiger partial charge >= 0.3 is 5.97 Å². The quantitative estimate of drug-likeness (QED) is 0.829. The maximum atomic E-state index is 11.8. The average molecular weight is 250 g/mol. The van der Waals surface area contributed by atoms with Crippen molar-refractivity contribution < 1.29 is 14.3 Å². The van der Waals surface area contributed by atoms with Gasteiger partial charge in [-0.05, 0) is 24.3 Å². The smallest absolute Gasteiger partial charge is 0.350 e. The van der Waals surface area contributed by atoms with Crippen molar-refractivity contribution in [1.29, 1.82) is 5.26 Å². The maximum absolute atomic E-state index is 11.8. The molecule has 0 saturated heterocycles. The van der Waals surface area contributed by atoms with Crippen LogP contribution in [0, 0.1) is 16.7 Å². The van der Waals surface area contributed by atoms with Crippen LogP contribution in [0.2, 0.25) is 0 Å². The van der Waals surface area contributed by atoms with Crippen molar-refractivity contribution in [2.75, 3.05) is 12.4 Å². The Morgan fingerprint density at radius 2 is 2.29 bits per heavy atom. The van der Waals surface area contributed by atoms with Crippen molar-refractivity contribution in [1.82, 2.24) is 0 Å². The Bertz CT molecular complexity index is 511. The molecule has 1 aromatic rings. The number of anilines is 1. The number of rotatable bonds is 3. The second-order valence-corrected chi connectivity index (χ2v) is 4.72. The largest absolute Gasteiger partial charge is 0.465 e. The number of nitrogens with one attached hydrogen (secondary N) is 1. The predicted molar refractivity (Wildman–Crippen MR) is 61.6 cm³/mol. The van der Waals surface area contributed by atoms with Crippen LogP contribution in [0.5, 0.6) is 0 Å². The van der Waals surface area contributed by atoms with Gasteiger partial charge in [0.1, 0.15) is 10.3 Å². The summed E-state index contributed by atoms with van der Waals surface area (Å²) in [5, 5.41) is 13.2. The zero-order chi connectivity index (χ0) is 12.5. The zero-order valence-corrected chi connectivity index (χ0v) is 9.97. The fraction of sp³-hybridized carbons (Fsp3) is 0.364. The molecule has 88 valence electrons. The highest BCUT2D eigenvalue weighted by Gasteiger charge is 2.50. The fourth-order valence-electron chi connectivity index (χ4n) is 1.42. The number of carbonyl (C=O) groups excluding carboxylic acids is 2. The van der Waals surface area contributed by atoms with E-state index in [1.54, 1.807) is 11.4 Å². The molecule has 6 heteroatoms. The fourth-order valence-corrected chi connectivity index (χ4v) is 2.18. The first-order valence-corrected chi connectivity index (χ1v) is 5.89. The summed E-state index contributed by atoms with van der Waals surface area (Å²) in [6.07, 6.45) is 1.15. The lowest BCUT2D eigenvalue weighted by Crippen LogP contribution is -2.23. The van der Waals surface area contributed by atoms with E-state index >= 15 is 0 Å². The van der Waals surface area contributed by atoms with E-state index in [0.29, 0.717) is 23.4 Å². The molecule has 0 aliphatic heterocycles. The Morgan fingerprint density at radius 3 is 2.82 bits per heavy atom. The molecule has 2 rings (SSSR count). The number of ether oxygens (including phenoxy) is 1. The van der Waals surface area contributed by atoms with Crippen molar-refractivity contribution in [3.05, 3.63) is 16.3 Å². The van der Waals surface area contributed by atoms with Gasteiger partial charge in [0.25, 0.3) is 0 Å². The molecule has 1 aliphatic carbocycles. The van der Waals surface area contributed by atoms with Crippen LogP contribution >= 0.6 is 11.3 Å². The van der Waals surface area contributed by atoms with E-state index in [0.717, 1.165) is 0 Å². The minimum Gasteiger partial charge on any atom is -0.465 e. The molecule has 1 saturated carbocycles. The average Bonchev–Trinajstić information content (AvgIpc) is 3.02. The first-order valence-electron chi connectivity index (χ1n) is 5.01. The number of esters is 1. The number of hydrogen-bond acceptors (Lipinski definition) is 5. The van der Waals surface area contributed by atoms with Crippen LogP contribution in [0.25, 0.3) is 0 Å². The molecule has 1 aliphatic rings. The third-order valence-electron chi connectivity index (χ3n) is 2.68. The summed E-state index contributed by atoms with van der Waals surface area (Å²) < 4.78 is 4.60. The van der Waals surface area contributed by atoms with Gasteiger partial charge in [0, 0.05) is 0 Å². The summed E-state index contributed by atoms with van der Waals surface area (Å²) in [6.45, 7) is 0. The van der Waals surface area contributed by atoms with Crippen molar-refractivity contribution in [3.8, 4) is 6.07 Å². The van der Waals surface area contributed by atoms with E-state index < -0.39 is 11.4 Å². The topological polar surface area (TPSA) is 79.2 Å². The zero-order valence-electron chi connectivity index (χ0n) is 9.15. The van der Waals surface area contributed by atoms with Crippen molar-refractivity contribution >= 4 is 28.9 Å². The first-order chi connectivity index (χ1) is 8.13. The van der Waals surface area contributed by atoms with Crippen LogP contribution in [0.1, 0.15) is 22.5 Å². The lowest BCUT2D eigenvalue weighted by molar-refractivity contribution is -0.119. The van der Waals surface area contributed by atoms with Crippen molar-refractivity contribution in [3.63, 3.8) is 0 Å². The van der Waals surface area contributed by atoms with Gasteiger partial charge in [0.2, 0.25) is 5.91 Å². The van der Waals surface area contributed by atoms with E-state index in [1.807, 2.05) is 6.07 Å². The Hall–Kier alpha value is -1.87. The van der Waals surface area contributed by atoms with E-state index in [9.17, 15) is 9.59 Å². The van der Waals surface area contributed by atoms with Gasteiger partial charge in [-0.3, -0.25) is 4.79 Å². The molecule has 1 N–H and O–H groups in total. The predicted octanol–water partition coefficient (Wildman–Crippen LogP) is 1.78. The van der Waals surface area contributed by atoms with Crippen molar-refractivity contribution in [2.24, 2.45) is 5.41 Å². The summed E-state index contributed by atoms with van der Waals surface area (Å²) in [4.78, 5) is 23.5. The molecular formula is C11H10N2O3S. The third kappa shape index (κ3) is 2.01. The molecule has 17 heavy (non-hydrogen) atoms. The minimum absolute atomic E-state index is 0.342. The van der Waals surface area contributed by atoms with E-state index in [-0.39, 0.29) is 5.91 Å². The number of amides is 1. The molecular weight excluding hydrogens is 240 g/mol.